The average Bonchev–Trinajstić information content (AvgIpc) is 2.39. The Hall–Kier alpha value is -1.59. The van der Waals surface area contributed by atoms with E-state index in [1.54, 1.807) is 26.2 Å². The summed E-state index contributed by atoms with van der Waals surface area (Å²) in [6.45, 7) is 4.32. The molecule has 0 aliphatic heterocycles. The second-order valence-corrected chi connectivity index (χ2v) is 5.10. The second kappa shape index (κ2) is 7.87. The normalized spacial score (nSPS) is 13.6. The number of hydrogen-bond acceptors (Lipinski definition) is 4. The largest absolute Gasteiger partial charge is 0.495 e. The van der Waals surface area contributed by atoms with Gasteiger partial charge in [0.1, 0.15) is 5.75 Å². The van der Waals surface area contributed by atoms with Crippen molar-refractivity contribution in [2.75, 3.05) is 25.5 Å². The number of methoxy groups -OCH3 is 1. The van der Waals surface area contributed by atoms with Crippen LogP contribution in [0.15, 0.2) is 24.3 Å². The molecule has 0 bridgehead atoms. The molecule has 0 radical (unpaired) electrons. The zero-order chi connectivity index (χ0) is 15.0. The Labute approximate surface area is 120 Å². The summed E-state index contributed by atoms with van der Waals surface area (Å²) in [5, 5.41) is 15.7. The number of carbonyl (C=O) groups excluding carboxylic acids is 1. The maximum atomic E-state index is 11.8. The number of anilines is 1. The molecule has 0 spiro atoms. The van der Waals surface area contributed by atoms with Gasteiger partial charge in [-0.2, -0.15) is 0 Å². The molecule has 1 aromatic rings. The van der Waals surface area contributed by atoms with E-state index in [0.29, 0.717) is 24.4 Å². The van der Waals surface area contributed by atoms with E-state index in [2.05, 4.69) is 10.6 Å². The van der Waals surface area contributed by atoms with Gasteiger partial charge in [0.2, 0.25) is 5.91 Å². The highest BCUT2D eigenvalue weighted by Crippen LogP contribution is 2.22. The van der Waals surface area contributed by atoms with Gasteiger partial charge in [-0.25, -0.2) is 0 Å². The Morgan fingerprint density at radius 3 is 2.75 bits per heavy atom. The molecule has 0 aliphatic carbocycles. The monoisotopic (exact) mass is 280 g/mol. The molecule has 0 saturated heterocycles. The van der Waals surface area contributed by atoms with Gasteiger partial charge < -0.3 is 20.5 Å². The summed E-state index contributed by atoms with van der Waals surface area (Å²) in [5.74, 6) is 0.459. The van der Waals surface area contributed by atoms with Crippen LogP contribution in [0.1, 0.15) is 26.7 Å². The molecular weight excluding hydrogens is 256 g/mol. The van der Waals surface area contributed by atoms with Gasteiger partial charge in [0, 0.05) is 6.54 Å². The molecule has 1 atom stereocenters. The van der Waals surface area contributed by atoms with Crippen LogP contribution < -0.4 is 15.4 Å². The van der Waals surface area contributed by atoms with Crippen LogP contribution in [-0.4, -0.2) is 36.8 Å². The highest BCUT2D eigenvalue weighted by atomic mass is 16.5. The maximum absolute atomic E-state index is 11.8. The fourth-order valence-corrected chi connectivity index (χ4v) is 2.01. The van der Waals surface area contributed by atoms with E-state index in [0.717, 1.165) is 6.42 Å². The van der Waals surface area contributed by atoms with Crippen LogP contribution in [0.2, 0.25) is 0 Å². The molecule has 0 aromatic heterocycles. The first-order valence-electron chi connectivity index (χ1n) is 6.84. The number of ether oxygens (including phenoxy) is 1. The lowest BCUT2D eigenvalue weighted by atomic mass is 10.0. The topological polar surface area (TPSA) is 70.6 Å². The zero-order valence-electron chi connectivity index (χ0n) is 12.4. The molecule has 112 valence electrons. The lowest BCUT2D eigenvalue weighted by Gasteiger charge is -2.22. The molecule has 0 saturated carbocycles. The summed E-state index contributed by atoms with van der Waals surface area (Å²) in [5.41, 5.74) is -0.137. The van der Waals surface area contributed by atoms with E-state index < -0.39 is 5.60 Å². The minimum atomic E-state index is -0.778. The first kappa shape index (κ1) is 16.5. The van der Waals surface area contributed by atoms with Crippen molar-refractivity contribution in [2.24, 2.45) is 0 Å². The Bertz CT molecular complexity index is 433. The van der Waals surface area contributed by atoms with Gasteiger partial charge >= 0.3 is 0 Å². The Balaban J connectivity index is 2.41. The minimum Gasteiger partial charge on any atom is -0.495 e. The first-order valence-corrected chi connectivity index (χ1v) is 6.84. The smallest absolute Gasteiger partial charge is 0.238 e. The van der Waals surface area contributed by atoms with Crippen molar-refractivity contribution < 1.29 is 14.6 Å². The van der Waals surface area contributed by atoms with Crippen LogP contribution in [0.5, 0.6) is 5.75 Å². The molecule has 0 fully saturated rings. The van der Waals surface area contributed by atoms with E-state index in [-0.39, 0.29) is 12.5 Å². The number of benzene rings is 1. The maximum Gasteiger partial charge on any atom is 0.238 e. The number of carbonyl (C=O) groups is 1. The number of aliphatic hydroxyl groups is 1. The van der Waals surface area contributed by atoms with Crippen molar-refractivity contribution in [1.29, 1.82) is 0 Å². The number of amides is 1. The van der Waals surface area contributed by atoms with Gasteiger partial charge in [-0.15, -0.1) is 0 Å². The molecule has 0 heterocycles. The van der Waals surface area contributed by atoms with E-state index in [9.17, 15) is 9.90 Å². The number of hydrogen-bond donors (Lipinski definition) is 3. The lowest BCUT2D eigenvalue weighted by molar-refractivity contribution is -0.115. The zero-order valence-corrected chi connectivity index (χ0v) is 12.4. The van der Waals surface area contributed by atoms with Gasteiger partial charge in [-0.1, -0.05) is 25.5 Å². The van der Waals surface area contributed by atoms with E-state index in [4.69, 9.17) is 4.74 Å². The third kappa shape index (κ3) is 5.59. The third-order valence-corrected chi connectivity index (χ3v) is 2.96. The highest BCUT2D eigenvalue weighted by molar-refractivity contribution is 5.93. The standard InChI is InChI=1S/C15H24N2O3/c1-4-9-15(2,19)11-16-10-14(18)17-12-7-5-6-8-13(12)20-3/h5-8,16,19H,4,9-11H2,1-3H3,(H,17,18). The summed E-state index contributed by atoms with van der Waals surface area (Å²) in [6.07, 6.45) is 1.61. The van der Waals surface area contributed by atoms with Crippen molar-refractivity contribution in [2.45, 2.75) is 32.3 Å². The van der Waals surface area contributed by atoms with Gasteiger partial charge in [0.05, 0.1) is 24.9 Å². The van der Waals surface area contributed by atoms with Crippen LogP contribution in [0.25, 0.3) is 0 Å². The van der Waals surface area contributed by atoms with Gasteiger partial charge in [-0.3, -0.25) is 4.79 Å². The molecule has 1 amide bonds. The molecule has 20 heavy (non-hydrogen) atoms. The fourth-order valence-electron chi connectivity index (χ4n) is 2.01. The van der Waals surface area contributed by atoms with E-state index in [1.807, 2.05) is 19.1 Å². The first-order chi connectivity index (χ1) is 9.48. The van der Waals surface area contributed by atoms with Gasteiger partial charge in [-0.05, 0) is 25.5 Å². The Kier molecular flexibility index (Phi) is 6.48. The summed E-state index contributed by atoms with van der Waals surface area (Å²) in [6, 6.07) is 7.24. The van der Waals surface area contributed by atoms with E-state index in [1.165, 1.54) is 0 Å². The summed E-state index contributed by atoms with van der Waals surface area (Å²) >= 11 is 0. The number of nitrogens with one attached hydrogen (secondary N) is 2. The van der Waals surface area contributed by atoms with Crippen molar-refractivity contribution in [1.82, 2.24) is 5.32 Å². The van der Waals surface area contributed by atoms with Crippen LogP contribution in [-0.2, 0) is 4.79 Å². The number of para-hydroxylation sites is 2. The van der Waals surface area contributed by atoms with Crippen LogP contribution in [0.4, 0.5) is 5.69 Å². The quantitative estimate of drug-likeness (QED) is 0.679. The summed E-state index contributed by atoms with van der Waals surface area (Å²) < 4.78 is 5.16. The van der Waals surface area contributed by atoms with Crippen molar-refractivity contribution in [3.63, 3.8) is 0 Å². The van der Waals surface area contributed by atoms with Gasteiger partial charge in [0.25, 0.3) is 0 Å². The minimum absolute atomic E-state index is 0.151. The second-order valence-electron chi connectivity index (χ2n) is 5.10. The molecular formula is C15H24N2O3. The Morgan fingerprint density at radius 1 is 1.40 bits per heavy atom. The summed E-state index contributed by atoms with van der Waals surface area (Å²) in [4.78, 5) is 11.8. The SMILES string of the molecule is CCCC(C)(O)CNCC(=O)Nc1ccccc1OC. The molecule has 1 rings (SSSR count). The number of rotatable bonds is 8. The van der Waals surface area contributed by atoms with Crippen LogP contribution >= 0.6 is 0 Å². The molecule has 5 heteroatoms. The fraction of sp³-hybridized carbons (Fsp3) is 0.533. The predicted octanol–water partition coefficient (Wildman–Crippen LogP) is 1.77. The van der Waals surface area contributed by atoms with Crippen molar-refractivity contribution in [3.05, 3.63) is 24.3 Å². The van der Waals surface area contributed by atoms with Crippen molar-refractivity contribution >= 4 is 11.6 Å². The molecule has 5 nitrogen and oxygen atoms in total. The highest BCUT2D eigenvalue weighted by Gasteiger charge is 2.18. The van der Waals surface area contributed by atoms with Gasteiger partial charge in [0.15, 0.2) is 0 Å². The lowest BCUT2D eigenvalue weighted by Crippen LogP contribution is -2.40. The average molecular weight is 280 g/mol. The molecule has 3 N–H and O–H groups in total. The van der Waals surface area contributed by atoms with E-state index >= 15 is 0 Å². The molecule has 1 unspecified atom stereocenters. The van der Waals surface area contributed by atoms with Crippen LogP contribution in [0, 0.1) is 0 Å². The van der Waals surface area contributed by atoms with Crippen molar-refractivity contribution in [3.8, 4) is 5.75 Å². The summed E-state index contributed by atoms with van der Waals surface area (Å²) in [7, 11) is 1.56. The molecule has 1 aromatic carbocycles. The van der Waals surface area contributed by atoms with Crippen LogP contribution in [0.3, 0.4) is 0 Å². The molecule has 0 aliphatic rings. The predicted molar refractivity (Wildman–Crippen MR) is 80.0 cm³/mol. The Morgan fingerprint density at radius 2 is 2.10 bits per heavy atom. The third-order valence-electron chi connectivity index (χ3n) is 2.96.